The topological polar surface area (TPSA) is 232 Å². The van der Waals surface area contributed by atoms with Gasteiger partial charge in [-0.15, -0.1) is 0 Å². The number of aliphatic hydroxyl groups excluding tert-OH is 6. The number of phenolic OH excluding ortho intramolecular Hbond substituents is 3. The van der Waals surface area contributed by atoms with Gasteiger partial charge in [-0.3, -0.25) is 0 Å². The fourth-order valence-electron chi connectivity index (χ4n) is 4.91. The van der Waals surface area contributed by atoms with E-state index in [1.807, 2.05) is 0 Å². The monoisotopic (exact) mass is 581 g/mol. The molecule has 0 spiro atoms. The number of phenols is 3. The molecule has 2 aromatic rings. The molecule has 41 heavy (non-hydrogen) atoms. The summed E-state index contributed by atoms with van der Waals surface area (Å²) in [4.78, 5) is 0. The van der Waals surface area contributed by atoms with Crippen molar-refractivity contribution in [2.75, 3.05) is 6.61 Å². The zero-order valence-corrected chi connectivity index (χ0v) is 21.7. The van der Waals surface area contributed by atoms with E-state index in [9.17, 15) is 46.0 Å². The van der Waals surface area contributed by atoms with E-state index in [2.05, 4.69) is 4.74 Å². The molecule has 10 N–H and O–H groups in total. The summed E-state index contributed by atoms with van der Waals surface area (Å²) < 4.78 is 27.2. The highest BCUT2D eigenvalue weighted by atomic mass is 16.7. The van der Waals surface area contributed by atoms with Gasteiger partial charge in [-0.05, 0) is 31.2 Å². The molecule has 0 radical (unpaired) electrons. The summed E-state index contributed by atoms with van der Waals surface area (Å²) in [6.45, 7) is 0.993. The Morgan fingerprint density at radius 3 is 2.12 bits per heavy atom. The molecule has 224 valence electrons. The molecular weight excluding hydrogens is 548 g/mol. The second-order valence-corrected chi connectivity index (χ2v) is 10.2. The van der Waals surface area contributed by atoms with E-state index in [1.54, 1.807) is 12.1 Å². The normalized spacial score (nSPS) is 37.0. The summed E-state index contributed by atoms with van der Waals surface area (Å²) in [5.74, 6) is -0.211. The van der Waals surface area contributed by atoms with Crippen molar-refractivity contribution in [3.05, 3.63) is 53.3 Å². The zero-order chi connectivity index (χ0) is 29.6. The summed E-state index contributed by atoms with van der Waals surface area (Å²) in [5, 5.41) is 92.0. The molecule has 3 heterocycles. The Balaban J connectivity index is 1.37. The van der Waals surface area contributed by atoms with Gasteiger partial charge in [0, 0.05) is 12.1 Å². The van der Waals surface area contributed by atoms with E-state index in [-0.39, 0.29) is 34.3 Å². The van der Waals surface area contributed by atoms with Crippen molar-refractivity contribution in [3.8, 4) is 23.0 Å². The molecule has 2 fully saturated rings. The number of fused-ring (bicyclic) bond motifs is 1. The van der Waals surface area contributed by atoms with Crippen LogP contribution >= 0.6 is 0 Å². The van der Waals surface area contributed by atoms with Gasteiger partial charge in [0.25, 0.3) is 11.9 Å². The fraction of sp³-hybridized carbons (Fsp3) is 0.481. The molecule has 3 aliphatic heterocycles. The smallest absolute Gasteiger partial charge is 0.270 e. The predicted molar refractivity (Wildman–Crippen MR) is 136 cm³/mol. The largest absolute Gasteiger partial charge is 0.571 e. The summed E-state index contributed by atoms with van der Waals surface area (Å²) in [7, 11) is 0. The third-order valence-corrected chi connectivity index (χ3v) is 7.31. The fourth-order valence-corrected chi connectivity index (χ4v) is 4.91. The van der Waals surface area contributed by atoms with E-state index in [0.29, 0.717) is 5.56 Å². The van der Waals surface area contributed by atoms with Gasteiger partial charge in [0.05, 0.1) is 24.3 Å². The maximum absolute atomic E-state index is 10.7. The number of ether oxygens (including phenoxy) is 5. The number of rotatable bonds is 6. The minimum Gasteiger partial charge on any atom is -0.571 e. The third kappa shape index (κ3) is 5.79. The van der Waals surface area contributed by atoms with Crippen LogP contribution < -0.4 is 0 Å². The highest BCUT2D eigenvalue weighted by molar-refractivity contribution is 5.69. The van der Waals surface area contributed by atoms with Crippen LogP contribution in [0.1, 0.15) is 24.2 Å². The van der Waals surface area contributed by atoms with E-state index >= 15 is 0 Å². The molecule has 0 saturated carbocycles. The van der Waals surface area contributed by atoms with E-state index in [1.165, 1.54) is 31.2 Å². The van der Waals surface area contributed by atoms with Gasteiger partial charge in [0.1, 0.15) is 65.5 Å². The van der Waals surface area contributed by atoms with Gasteiger partial charge in [-0.2, -0.15) is 0 Å². The van der Waals surface area contributed by atoms with Gasteiger partial charge in [-0.1, -0.05) is 0 Å². The van der Waals surface area contributed by atoms with Crippen LogP contribution in [0.3, 0.4) is 0 Å². The quantitative estimate of drug-likeness (QED) is 0.183. The molecule has 0 amide bonds. The van der Waals surface area contributed by atoms with Crippen LogP contribution in [0, 0.1) is 0 Å². The molecule has 2 saturated heterocycles. The molecular formula is C27H33O14+. The summed E-state index contributed by atoms with van der Waals surface area (Å²) in [6.07, 6.45) is -14.3. The third-order valence-electron chi connectivity index (χ3n) is 7.31. The van der Waals surface area contributed by atoms with Crippen LogP contribution in [-0.2, 0) is 18.9 Å². The molecule has 0 aliphatic carbocycles. The van der Waals surface area contributed by atoms with Gasteiger partial charge in [0.2, 0.25) is 6.29 Å². The first-order valence-corrected chi connectivity index (χ1v) is 12.9. The van der Waals surface area contributed by atoms with E-state index in [0.717, 1.165) is 6.07 Å². The Labute approximate surface area is 233 Å². The second-order valence-electron chi connectivity index (χ2n) is 10.2. The summed E-state index contributed by atoms with van der Waals surface area (Å²) >= 11 is 0. The summed E-state index contributed by atoms with van der Waals surface area (Å²) in [5.41, 5.74) is 0.739. The molecule has 0 bridgehead atoms. The Bertz CT molecular complexity index is 1250. The molecule has 14 heteroatoms. The van der Waals surface area contributed by atoms with Crippen molar-refractivity contribution in [2.24, 2.45) is 0 Å². The molecule has 0 aromatic heterocycles. The van der Waals surface area contributed by atoms with Gasteiger partial charge in [0.15, 0.2) is 12.0 Å². The lowest BCUT2D eigenvalue weighted by Crippen LogP contribution is -2.61. The van der Waals surface area contributed by atoms with Gasteiger partial charge < -0.3 is 69.6 Å². The highest BCUT2D eigenvalue weighted by Gasteiger charge is 2.48. The first kappa shape index (κ1) is 29.3. The van der Waals surface area contributed by atoms with Crippen LogP contribution in [0.15, 0.2) is 42.2 Å². The van der Waals surface area contributed by atoms with Crippen LogP contribution in [-0.4, -0.2) is 119 Å². The van der Waals surface area contributed by atoms with E-state index < -0.39 is 74.1 Å². The van der Waals surface area contributed by atoms with Crippen molar-refractivity contribution >= 4 is 6.08 Å². The summed E-state index contributed by atoms with van der Waals surface area (Å²) in [6, 6.07) is 8.45. The van der Waals surface area contributed by atoms with Crippen molar-refractivity contribution in [3.63, 3.8) is 0 Å². The molecule has 1 unspecified atom stereocenters. The van der Waals surface area contributed by atoms with Crippen molar-refractivity contribution in [1.82, 2.24) is 0 Å². The molecule has 14 nitrogen and oxygen atoms in total. The zero-order valence-electron chi connectivity index (χ0n) is 21.7. The minimum absolute atomic E-state index is 0.00108. The molecule has 5 rings (SSSR count). The molecule has 3 aliphatic rings. The number of hydrogen-bond donors (Lipinski definition) is 9. The lowest BCUT2D eigenvalue weighted by atomic mass is 9.98. The Kier molecular flexibility index (Phi) is 8.29. The minimum atomic E-state index is -1.75. The number of aromatic hydroxyl groups is 4. The lowest BCUT2D eigenvalue weighted by molar-refractivity contribution is -0.325. The van der Waals surface area contributed by atoms with Crippen LogP contribution in [0.5, 0.6) is 23.0 Å². The number of benzene rings is 2. The Morgan fingerprint density at radius 2 is 1.41 bits per heavy atom. The van der Waals surface area contributed by atoms with Gasteiger partial charge in [-0.25, -0.2) is 0 Å². The maximum atomic E-state index is 10.7. The lowest BCUT2D eigenvalue weighted by Gasteiger charge is -2.42. The molecule has 11 atom stereocenters. The van der Waals surface area contributed by atoms with E-state index in [4.69, 9.17) is 18.9 Å². The number of aliphatic hydroxyl groups is 7. The van der Waals surface area contributed by atoms with Gasteiger partial charge >= 0.3 is 0 Å². The van der Waals surface area contributed by atoms with Crippen LogP contribution in [0.25, 0.3) is 6.08 Å². The first-order chi connectivity index (χ1) is 19.4. The van der Waals surface area contributed by atoms with Crippen molar-refractivity contribution < 1.29 is 69.6 Å². The highest BCUT2D eigenvalue weighted by Crippen LogP contribution is 2.45. The van der Waals surface area contributed by atoms with Crippen LogP contribution in [0.4, 0.5) is 0 Å². The SMILES string of the molecule is C[C@@H]1O[C@@H](OC[C@H]2O[C@@H](OC3=Cc4c(O)cc(O)cc4[OH+]C3c3ccc(O)cc3)[C@H](O)[C@@H](O)[C@@H]2O)[C@H](O)[C@H](O)[C@H]1O. The van der Waals surface area contributed by atoms with Crippen molar-refractivity contribution in [1.29, 1.82) is 0 Å². The average Bonchev–Trinajstić information content (AvgIpc) is 2.94. The Hall–Kier alpha value is -3.18. The molecule has 2 aromatic carbocycles. The van der Waals surface area contributed by atoms with Crippen LogP contribution in [0.2, 0.25) is 0 Å². The Morgan fingerprint density at radius 1 is 0.756 bits per heavy atom. The standard InChI is InChI=1S/C27H32O14/c1-10-19(31)21(33)23(35)26(38-10)37-9-18-20(32)22(34)24(36)27(41-18)40-17-8-14-15(30)6-13(29)7-16(14)39-25(17)11-2-4-12(28)5-3-11/h2-8,10,18-36H,9H2,1H3/p+1/t10-,18+,19-,20+,21+,22-,23+,24+,25?,26+,27+/m0/s1. The second kappa shape index (κ2) is 11.6. The maximum Gasteiger partial charge on any atom is 0.270 e. The van der Waals surface area contributed by atoms with Crippen molar-refractivity contribution in [2.45, 2.75) is 74.4 Å². The predicted octanol–water partition coefficient (Wildman–Crippen LogP) is -1.19. The average molecular weight is 582 g/mol. The first-order valence-electron chi connectivity index (χ1n) is 12.9. The number of hydrogen-bond acceptors (Lipinski definition) is 13.